The molecule has 0 unspecified atom stereocenters. The number of alkyl halides is 3. The van der Waals surface area contributed by atoms with Gasteiger partial charge in [-0.15, -0.1) is 0 Å². The second-order valence-electron chi connectivity index (χ2n) is 31.1. The van der Waals surface area contributed by atoms with Gasteiger partial charge in [0.25, 0.3) is 0 Å². The third kappa shape index (κ3) is 19.5. The summed E-state index contributed by atoms with van der Waals surface area (Å²) in [4.78, 5) is 45.5. The molecule has 0 radical (unpaired) electrons. The van der Waals surface area contributed by atoms with Gasteiger partial charge in [-0.1, -0.05) is 193 Å². The third-order valence-electron chi connectivity index (χ3n) is 22.1. The van der Waals surface area contributed by atoms with Gasteiger partial charge in [-0.05, 0) is 16.7 Å². The predicted octanol–water partition coefficient (Wildman–Crippen LogP) is 15.3. The van der Waals surface area contributed by atoms with E-state index in [4.69, 9.17) is 44.9 Å². The van der Waals surface area contributed by atoms with Crippen molar-refractivity contribution in [3.63, 3.8) is 0 Å². The summed E-state index contributed by atoms with van der Waals surface area (Å²) in [7, 11) is 0. The maximum absolute atomic E-state index is 5.09. The van der Waals surface area contributed by atoms with Gasteiger partial charge in [-0.2, -0.15) is 0 Å². The van der Waals surface area contributed by atoms with Gasteiger partial charge in [-0.25, -0.2) is 86.0 Å². The molecule has 0 amide bonds. The molecule has 0 saturated heterocycles. The van der Waals surface area contributed by atoms with E-state index in [1.807, 2.05) is 0 Å². The average molecular weight is 1800 g/mol. The highest BCUT2D eigenvalue weighted by molar-refractivity contribution is 9.09. The monoisotopic (exact) mass is 1800 g/mol. The zero-order chi connectivity index (χ0) is 82.8. The largest absolute Gasteiger partial charge is 0.208 e. The summed E-state index contributed by atoms with van der Waals surface area (Å²) in [6, 6.07) is 90.0. The molecule has 6 aromatic carbocycles. The Bertz CT molecular complexity index is 5770. The van der Waals surface area contributed by atoms with E-state index in [1.165, 1.54) is 66.8 Å². The summed E-state index contributed by atoms with van der Waals surface area (Å²) in [6.07, 6.45) is 37.7. The van der Waals surface area contributed by atoms with Gasteiger partial charge in [0.05, 0.1) is 0 Å². The topological polar surface area (TPSA) is 151 Å². The summed E-state index contributed by atoms with van der Waals surface area (Å²) in [5.41, 5.74) is 23.0. The fourth-order valence-electron chi connectivity index (χ4n) is 15.0. The highest BCUT2D eigenvalue weighted by Crippen LogP contribution is 2.29. The van der Waals surface area contributed by atoms with Crippen LogP contribution in [0, 0.1) is 0 Å². The van der Waals surface area contributed by atoms with Crippen LogP contribution in [0.4, 0.5) is 0 Å². The van der Waals surface area contributed by atoms with Crippen LogP contribution in [0.2, 0.25) is 0 Å². The molecular weight excluding hydrogens is 1720 g/mol. The number of hydrogen-bond donors (Lipinski definition) is 0. The van der Waals surface area contributed by atoms with Crippen molar-refractivity contribution in [2.75, 3.05) is 0 Å². The fourth-order valence-corrected chi connectivity index (χ4v) is 16.2. The summed E-state index contributed by atoms with van der Waals surface area (Å²) in [6.45, 7) is 6.69. The van der Waals surface area contributed by atoms with E-state index in [1.54, 1.807) is 0 Å². The minimum atomic E-state index is 0.617. The van der Waals surface area contributed by atoms with Gasteiger partial charge in [0, 0.05) is 225 Å². The van der Waals surface area contributed by atoms with Crippen LogP contribution in [-0.2, 0) is 74.9 Å². The van der Waals surface area contributed by atoms with E-state index in [2.05, 4.69) is 455 Å². The molecule has 21 heteroatoms. The molecule has 0 saturated carbocycles. The van der Waals surface area contributed by atoms with Crippen molar-refractivity contribution in [1.82, 2.24) is 44.9 Å². The lowest BCUT2D eigenvalue weighted by atomic mass is 10.1. The van der Waals surface area contributed by atoms with E-state index >= 15 is 0 Å². The molecule has 0 spiro atoms. The number of rotatable bonds is 12. The van der Waals surface area contributed by atoms with Crippen LogP contribution in [0.15, 0.2) is 366 Å². The first kappa shape index (κ1) is 79.0. The maximum Gasteiger partial charge on any atom is 0.173 e. The van der Waals surface area contributed by atoms with Gasteiger partial charge >= 0.3 is 0 Å². The molecule has 0 atom stereocenters. The van der Waals surface area contributed by atoms with Crippen LogP contribution >= 0.6 is 47.8 Å². The standard InChI is InChI=1S/C60H48N12.C42H36Br3N6/c1-2-44-4-3-43(1)37-67-25-13-49(14-26-67)55-61-57-51-17-29-69(30-18-51)39-45-5-9-47(10-6-45)41-71-33-21-53(22-34-71)59-63-56(50-15-27-68(38-44)28-16-50)64-60(66-59)54-23-35-72(36-24-54)42-48-11-7-46(8-12-48)40-70-31-19-52(20-32-70)58(62-55)65-57;43-25-31-1-7-34(8-2-31)28-49-19-13-37(14-20-49)40-46-41(38-15-21-50(22-16-38)29-35-9-3-32(26-44)4-10-35)48-42(47-40)39-17-23-51(24-18-39)30-36-11-5-33(27-45)6-12-36/h1-36H,37-42H2;1-24H,25-30H2/q+6;+3. The lowest BCUT2D eigenvalue weighted by Crippen LogP contribution is -2.34. The molecule has 60 rings (SSSR count). The van der Waals surface area contributed by atoms with Crippen LogP contribution < -0.4 is 41.1 Å². The highest BCUT2D eigenvalue weighted by atomic mass is 79.9. The lowest BCUT2D eigenvalue weighted by Gasteiger charge is -2.09. The lowest BCUT2D eigenvalue weighted by molar-refractivity contribution is -0.688. The zero-order valence-corrected chi connectivity index (χ0v) is 72.1. The number of halogens is 3. The Morgan fingerprint density at radius 1 is 0.163 bits per heavy atom. The third-order valence-corrected chi connectivity index (χ3v) is 24.1. The van der Waals surface area contributed by atoms with Crippen molar-refractivity contribution in [3.8, 4) is 102 Å². The number of benzene rings is 6. The summed E-state index contributed by atoms with van der Waals surface area (Å²) in [5, 5.41) is 2.57. The first-order valence-electron chi connectivity index (χ1n) is 40.9. The molecular formula is C102H84Br3N18+9. The average Bonchev–Trinajstić information content (AvgIpc) is 0.801. The predicted molar refractivity (Wildman–Crippen MR) is 479 cm³/mol. The Hall–Kier alpha value is -13.9. The van der Waals surface area contributed by atoms with Crippen LogP contribution in [0.5, 0.6) is 0 Å². The van der Waals surface area contributed by atoms with Crippen molar-refractivity contribution in [2.45, 2.75) is 74.9 Å². The molecule has 24 bridgehead atoms. The first-order valence-corrected chi connectivity index (χ1v) is 44.3. The quantitative estimate of drug-likeness (QED) is 0.0860. The van der Waals surface area contributed by atoms with Crippen LogP contribution in [-0.4, -0.2) is 44.9 Å². The molecule has 0 N–H and O–H groups in total. The molecule has 54 heterocycles. The Morgan fingerprint density at radius 3 is 0.431 bits per heavy atom. The van der Waals surface area contributed by atoms with Crippen molar-refractivity contribution >= 4 is 47.8 Å². The molecule has 123 heavy (non-hydrogen) atoms. The Kier molecular flexibility index (Phi) is 23.5. The van der Waals surface area contributed by atoms with E-state index in [-0.39, 0.29) is 0 Å². The summed E-state index contributed by atoms with van der Waals surface area (Å²) in [5.74, 6) is 5.61. The van der Waals surface area contributed by atoms with Crippen molar-refractivity contribution < 1.29 is 41.1 Å². The molecule has 594 valence electrons. The molecule has 0 aliphatic carbocycles. The number of aromatic nitrogens is 18. The van der Waals surface area contributed by atoms with E-state index in [0.717, 1.165) is 125 Å². The molecule has 42 aliphatic rings. The number of hydrogen-bond acceptors (Lipinski definition) is 9. The zero-order valence-electron chi connectivity index (χ0n) is 67.3. The van der Waals surface area contributed by atoms with Crippen LogP contribution in [0.25, 0.3) is 102 Å². The Labute approximate surface area is 738 Å². The van der Waals surface area contributed by atoms with E-state index in [0.29, 0.717) is 52.4 Å². The first-order chi connectivity index (χ1) is 60.5. The number of nitrogens with zero attached hydrogens (tertiary/aromatic N) is 18. The SMILES string of the molecule is BrCc1ccc(C[n+]2ccc(-c3nc(-c4cc[n+](Cc5ccc(CBr)cc5)cc4)nc(-c4cc[n+](Cc5ccc(CBr)cc5)cc4)n3)cc2)cc1.c1cc2ccc1C[n+]1ccc(cc1)-c1nc3nc(n1)-c1cc[n+](cc1)Cc1ccc(cc1)C[n+]1ccc(cc1)-c1nc(nc(n1)-c1cc[n+](cc1)Cc1ccc(cc1)C[n+]1ccc-3cc1)-c1cc[n+](cc1)C2. The molecule has 18 aromatic rings. The van der Waals surface area contributed by atoms with Gasteiger partial charge in [-0.3, -0.25) is 0 Å². The van der Waals surface area contributed by atoms with Crippen molar-refractivity contribution in [1.29, 1.82) is 0 Å². The molecule has 0 fully saturated rings. The van der Waals surface area contributed by atoms with E-state index < -0.39 is 0 Å². The normalized spacial score (nSPS) is 12.0. The van der Waals surface area contributed by atoms with Gasteiger partial charge in [0.1, 0.15) is 0 Å². The van der Waals surface area contributed by atoms with Gasteiger partial charge in [0.15, 0.2) is 223 Å². The fraction of sp³-hybridized carbons (Fsp3) is 0.118. The Balaban J connectivity index is 0.000000172. The summed E-state index contributed by atoms with van der Waals surface area (Å²) < 4.78 is 19.6. The van der Waals surface area contributed by atoms with Gasteiger partial charge in [0.2, 0.25) is 0 Å². The minimum Gasteiger partial charge on any atom is -0.208 e. The second-order valence-corrected chi connectivity index (χ2v) is 32.7. The highest BCUT2D eigenvalue weighted by Gasteiger charge is 2.23. The second kappa shape index (κ2) is 36.6. The molecule has 12 aromatic heterocycles. The maximum atomic E-state index is 5.09. The summed E-state index contributed by atoms with van der Waals surface area (Å²) >= 11 is 10.6. The number of pyridine rings is 9. The molecule has 42 aliphatic heterocycles. The van der Waals surface area contributed by atoms with E-state index in [9.17, 15) is 0 Å². The van der Waals surface area contributed by atoms with Crippen molar-refractivity contribution in [2.24, 2.45) is 0 Å². The van der Waals surface area contributed by atoms with Gasteiger partial charge < -0.3 is 0 Å². The van der Waals surface area contributed by atoms with Crippen LogP contribution in [0.3, 0.4) is 0 Å². The Morgan fingerprint density at radius 2 is 0.293 bits per heavy atom. The molecule has 18 nitrogen and oxygen atoms in total. The van der Waals surface area contributed by atoms with Crippen molar-refractivity contribution in [3.05, 3.63) is 433 Å². The minimum absolute atomic E-state index is 0.617. The smallest absolute Gasteiger partial charge is 0.173 e. The van der Waals surface area contributed by atoms with Crippen LogP contribution in [0.1, 0.15) is 66.8 Å².